The van der Waals surface area contributed by atoms with Crippen LogP contribution in [0.4, 0.5) is 4.79 Å². The van der Waals surface area contributed by atoms with E-state index < -0.39 is 23.2 Å². The van der Waals surface area contributed by atoms with Gasteiger partial charge in [-0.3, -0.25) is 24.5 Å². The lowest BCUT2D eigenvalue weighted by Gasteiger charge is -2.04. The number of carbonyl (C=O) groups is 2. The van der Waals surface area contributed by atoms with Gasteiger partial charge in [0.2, 0.25) is 5.91 Å². The molecule has 0 spiro atoms. The summed E-state index contributed by atoms with van der Waals surface area (Å²) in [6, 6.07) is -1.00. The lowest BCUT2D eigenvalue weighted by atomic mass is 10.4. The van der Waals surface area contributed by atoms with E-state index in [0.29, 0.717) is 0 Å². The van der Waals surface area contributed by atoms with E-state index >= 15 is 0 Å². The number of H-pyrrole nitrogens is 1. The minimum absolute atomic E-state index is 0.284. The smallest absolute Gasteiger partial charge is 0.328 e. The van der Waals surface area contributed by atoms with Crippen LogP contribution in [0.15, 0.2) is 15.8 Å². The monoisotopic (exact) mass is 226 g/mol. The van der Waals surface area contributed by atoms with Crippen molar-refractivity contribution >= 4 is 11.9 Å². The molecule has 8 nitrogen and oxygen atoms in total. The molecule has 3 amide bonds. The predicted molar refractivity (Wildman–Crippen MR) is 53.8 cm³/mol. The largest absolute Gasteiger partial charge is 0.351 e. The minimum Gasteiger partial charge on any atom is -0.351 e. The molecule has 1 aromatic rings. The van der Waals surface area contributed by atoms with Crippen LogP contribution in [0.2, 0.25) is 0 Å². The fourth-order valence-corrected chi connectivity index (χ4v) is 1.07. The minimum atomic E-state index is -1.00. The van der Waals surface area contributed by atoms with Gasteiger partial charge in [0.25, 0.3) is 5.56 Å². The summed E-state index contributed by atoms with van der Waals surface area (Å²) < 4.78 is 0.967. The summed E-state index contributed by atoms with van der Waals surface area (Å²) in [5.41, 5.74) is 3.76. The lowest BCUT2D eigenvalue weighted by Crippen LogP contribution is -2.40. The standard InChI is InChI=1S/C8H10N4O4/c1-4-2-12(8(16)11-6(4)14)3-5(13)10-7(9)15/h2H,3H2,1H3,(H,11,14,16)(H3,9,10,13,15). The van der Waals surface area contributed by atoms with E-state index in [4.69, 9.17) is 5.73 Å². The maximum absolute atomic E-state index is 11.2. The van der Waals surface area contributed by atoms with E-state index in [1.807, 2.05) is 4.98 Å². The average Bonchev–Trinajstić information content (AvgIpc) is 2.12. The van der Waals surface area contributed by atoms with Crippen LogP contribution in [0.25, 0.3) is 0 Å². The number of rotatable bonds is 2. The Morgan fingerprint density at radius 2 is 2.12 bits per heavy atom. The average molecular weight is 226 g/mol. The van der Waals surface area contributed by atoms with Crippen molar-refractivity contribution in [1.29, 1.82) is 0 Å². The van der Waals surface area contributed by atoms with Crippen LogP contribution in [-0.2, 0) is 11.3 Å². The number of aryl methyl sites for hydroxylation is 1. The Bertz CT molecular complexity index is 542. The second-order valence-electron chi connectivity index (χ2n) is 3.11. The number of nitrogens with zero attached hydrogens (tertiary/aromatic N) is 1. The van der Waals surface area contributed by atoms with Crippen LogP contribution < -0.4 is 22.3 Å². The Balaban J connectivity index is 2.94. The molecular weight excluding hydrogens is 216 g/mol. The third-order valence-corrected chi connectivity index (χ3v) is 1.77. The number of nitrogens with two attached hydrogens (primary N) is 1. The fourth-order valence-electron chi connectivity index (χ4n) is 1.07. The SMILES string of the molecule is Cc1cn(CC(=O)NC(N)=O)c(=O)[nH]c1=O. The van der Waals surface area contributed by atoms with Crippen molar-refractivity contribution in [3.05, 3.63) is 32.6 Å². The first kappa shape index (κ1) is 11.7. The molecule has 16 heavy (non-hydrogen) atoms. The van der Waals surface area contributed by atoms with Crippen molar-refractivity contribution in [2.75, 3.05) is 0 Å². The number of primary amides is 1. The van der Waals surface area contributed by atoms with Crippen LogP contribution in [0, 0.1) is 6.92 Å². The first-order valence-electron chi connectivity index (χ1n) is 4.30. The Kier molecular flexibility index (Phi) is 3.24. The first-order valence-corrected chi connectivity index (χ1v) is 4.30. The van der Waals surface area contributed by atoms with Crippen LogP contribution in [0.3, 0.4) is 0 Å². The molecule has 0 fully saturated rings. The zero-order valence-electron chi connectivity index (χ0n) is 8.44. The third kappa shape index (κ3) is 2.80. The summed E-state index contributed by atoms with van der Waals surface area (Å²) in [5.74, 6) is -0.735. The number of aromatic nitrogens is 2. The van der Waals surface area contributed by atoms with Crippen molar-refractivity contribution < 1.29 is 9.59 Å². The Morgan fingerprint density at radius 1 is 1.50 bits per heavy atom. The number of amides is 3. The first-order chi connectivity index (χ1) is 7.40. The van der Waals surface area contributed by atoms with Crippen LogP contribution in [0.5, 0.6) is 0 Å². The normalized spacial score (nSPS) is 9.81. The molecule has 1 rings (SSSR count). The van der Waals surface area contributed by atoms with Gasteiger partial charge in [0.05, 0.1) is 0 Å². The van der Waals surface area contributed by atoms with E-state index in [9.17, 15) is 19.2 Å². The fraction of sp³-hybridized carbons (Fsp3) is 0.250. The van der Waals surface area contributed by atoms with E-state index in [0.717, 1.165) is 4.57 Å². The predicted octanol–water partition coefficient (Wildman–Crippen LogP) is -1.96. The number of imide groups is 1. The van der Waals surface area contributed by atoms with E-state index in [2.05, 4.69) is 0 Å². The summed E-state index contributed by atoms with van der Waals surface area (Å²) >= 11 is 0. The maximum atomic E-state index is 11.2. The Morgan fingerprint density at radius 3 is 2.69 bits per heavy atom. The molecule has 0 unspecified atom stereocenters. The number of hydrogen-bond donors (Lipinski definition) is 3. The molecule has 8 heteroatoms. The highest BCUT2D eigenvalue weighted by Crippen LogP contribution is 1.84. The van der Waals surface area contributed by atoms with Crippen LogP contribution in [0.1, 0.15) is 5.56 Å². The Hall–Kier alpha value is -2.38. The van der Waals surface area contributed by atoms with E-state index in [1.165, 1.54) is 13.1 Å². The summed E-state index contributed by atoms with van der Waals surface area (Å²) in [6.07, 6.45) is 1.22. The van der Waals surface area contributed by atoms with Gasteiger partial charge >= 0.3 is 11.7 Å². The van der Waals surface area contributed by atoms with Crippen molar-refractivity contribution in [3.63, 3.8) is 0 Å². The highest BCUT2D eigenvalue weighted by Gasteiger charge is 2.07. The van der Waals surface area contributed by atoms with Crippen molar-refractivity contribution in [2.24, 2.45) is 5.73 Å². The van der Waals surface area contributed by atoms with Gasteiger partial charge in [-0.05, 0) is 6.92 Å². The molecule has 0 atom stereocenters. The van der Waals surface area contributed by atoms with Gasteiger partial charge in [-0.1, -0.05) is 0 Å². The molecule has 1 heterocycles. The molecule has 0 radical (unpaired) electrons. The Labute approximate surface area is 89.1 Å². The topological polar surface area (TPSA) is 127 Å². The molecule has 0 aliphatic carbocycles. The van der Waals surface area contributed by atoms with E-state index in [-0.39, 0.29) is 12.1 Å². The van der Waals surface area contributed by atoms with Crippen LogP contribution in [-0.4, -0.2) is 21.5 Å². The second-order valence-corrected chi connectivity index (χ2v) is 3.11. The van der Waals surface area contributed by atoms with Crippen molar-refractivity contribution in [1.82, 2.24) is 14.9 Å². The van der Waals surface area contributed by atoms with Gasteiger partial charge in [-0.2, -0.15) is 0 Å². The van der Waals surface area contributed by atoms with Gasteiger partial charge in [0.15, 0.2) is 0 Å². The van der Waals surface area contributed by atoms with Crippen molar-refractivity contribution in [2.45, 2.75) is 13.5 Å². The van der Waals surface area contributed by atoms with Gasteiger partial charge in [-0.25, -0.2) is 9.59 Å². The maximum Gasteiger partial charge on any atom is 0.328 e. The molecule has 86 valence electrons. The molecule has 4 N–H and O–H groups in total. The van der Waals surface area contributed by atoms with Gasteiger partial charge in [-0.15, -0.1) is 0 Å². The zero-order chi connectivity index (χ0) is 12.3. The highest BCUT2D eigenvalue weighted by molar-refractivity contribution is 5.93. The van der Waals surface area contributed by atoms with Gasteiger partial charge in [0, 0.05) is 11.8 Å². The molecule has 1 aromatic heterocycles. The molecule has 0 bridgehead atoms. The molecule has 0 aromatic carbocycles. The molecular formula is C8H10N4O4. The summed E-state index contributed by atoms with van der Waals surface area (Å²) in [4.78, 5) is 45.7. The quantitative estimate of drug-likeness (QED) is 0.541. The molecule has 0 saturated heterocycles. The lowest BCUT2D eigenvalue weighted by molar-refractivity contribution is -0.120. The zero-order valence-corrected chi connectivity index (χ0v) is 8.44. The number of urea groups is 1. The number of hydrogen-bond acceptors (Lipinski definition) is 4. The summed E-state index contributed by atoms with van der Waals surface area (Å²) in [5, 5.41) is 1.80. The number of nitrogens with one attached hydrogen (secondary N) is 2. The van der Waals surface area contributed by atoms with E-state index in [1.54, 1.807) is 5.32 Å². The molecule has 0 saturated carbocycles. The highest BCUT2D eigenvalue weighted by atomic mass is 16.2. The third-order valence-electron chi connectivity index (χ3n) is 1.77. The molecule has 0 aliphatic rings. The van der Waals surface area contributed by atoms with Crippen molar-refractivity contribution in [3.8, 4) is 0 Å². The van der Waals surface area contributed by atoms with Gasteiger partial charge in [0.1, 0.15) is 6.54 Å². The summed E-state index contributed by atoms with van der Waals surface area (Å²) in [6.45, 7) is 1.10. The van der Waals surface area contributed by atoms with Gasteiger partial charge < -0.3 is 5.73 Å². The summed E-state index contributed by atoms with van der Waals surface area (Å²) in [7, 11) is 0. The number of carbonyl (C=O) groups excluding carboxylic acids is 2. The second kappa shape index (κ2) is 4.43. The van der Waals surface area contributed by atoms with Crippen LogP contribution >= 0.6 is 0 Å². The molecule has 0 aliphatic heterocycles. The number of aromatic amines is 1.